The summed E-state index contributed by atoms with van der Waals surface area (Å²) in [5, 5.41) is 30.1. The Bertz CT molecular complexity index is 539. The first-order valence-corrected chi connectivity index (χ1v) is 9.53. The van der Waals surface area contributed by atoms with E-state index in [0.29, 0.717) is 12.2 Å². The van der Waals surface area contributed by atoms with Crippen LogP contribution in [0.2, 0.25) is 0 Å². The van der Waals surface area contributed by atoms with E-state index in [0.717, 1.165) is 0 Å². The lowest BCUT2D eigenvalue weighted by molar-refractivity contribution is -0.0611. The minimum absolute atomic E-state index is 0.155. The normalized spacial score (nSPS) is 25.1. The highest BCUT2D eigenvalue weighted by molar-refractivity contribution is 5.70. The Morgan fingerprint density at radius 1 is 1.33 bits per heavy atom. The Labute approximate surface area is 163 Å². The van der Waals surface area contributed by atoms with Crippen LogP contribution in [0.25, 0.3) is 0 Å². The van der Waals surface area contributed by atoms with Gasteiger partial charge in [0.1, 0.15) is 11.3 Å². The van der Waals surface area contributed by atoms with Crippen molar-refractivity contribution in [2.24, 2.45) is 11.8 Å². The summed E-state index contributed by atoms with van der Waals surface area (Å²) in [5.74, 6) is -0.803. The Kier molecular flexibility index (Phi) is 7.88. The molecule has 1 amide bonds. The zero-order valence-electron chi connectivity index (χ0n) is 17.9. The van der Waals surface area contributed by atoms with E-state index >= 15 is 0 Å². The smallest absolute Gasteiger partial charge is 0.413 e. The van der Waals surface area contributed by atoms with Gasteiger partial charge in [0.15, 0.2) is 0 Å². The third-order valence-corrected chi connectivity index (χ3v) is 4.94. The summed E-state index contributed by atoms with van der Waals surface area (Å²) in [6.45, 7) is 14.4. The van der Waals surface area contributed by atoms with E-state index in [1.807, 2.05) is 0 Å². The molecule has 0 bridgehead atoms. The van der Waals surface area contributed by atoms with Crippen LogP contribution < -0.4 is 0 Å². The van der Waals surface area contributed by atoms with E-state index in [9.17, 15) is 20.1 Å². The molecule has 1 saturated heterocycles. The van der Waals surface area contributed by atoms with Gasteiger partial charge in [0.2, 0.25) is 0 Å². The maximum Gasteiger partial charge on any atom is 0.413 e. The highest BCUT2D eigenvalue weighted by atomic mass is 16.6. The van der Waals surface area contributed by atoms with Gasteiger partial charge in [-0.2, -0.15) is 0 Å². The molecule has 0 radical (unpaired) electrons. The molecule has 0 saturated carbocycles. The van der Waals surface area contributed by atoms with E-state index in [1.54, 1.807) is 61.5 Å². The average molecular weight is 388 g/mol. The molecule has 1 rings (SSSR count). The Balaban J connectivity index is 3.00. The maximum atomic E-state index is 12.7. The van der Waals surface area contributed by atoms with Gasteiger partial charge < -0.3 is 24.8 Å². The van der Waals surface area contributed by atoms with Gasteiger partial charge >= 0.3 is 6.09 Å². The Morgan fingerprint density at radius 3 is 2.37 bits per heavy atom. The second kappa shape index (κ2) is 8.90. The minimum Gasteiger partial charge on any atom is -0.444 e. The quantitative estimate of drug-likeness (QED) is 0.605. The van der Waals surface area contributed by atoms with E-state index in [-0.39, 0.29) is 18.6 Å². The van der Waals surface area contributed by atoms with Crippen LogP contribution in [0.4, 0.5) is 4.79 Å². The van der Waals surface area contributed by atoms with Gasteiger partial charge in [0.05, 0.1) is 24.9 Å². The van der Waals surface area contributed by atoms with Crippen LogP contribution in [-0.4, -0.2) is 69.1 Å². The molecule has 0 aromatic carbocycles. The van der Waals surface area contributed by atoms with Gasteiger partial charge in [-0.15, -0.1) is 0 Å². The van der Waals surface area contributed by atoms with Gasteiger partial charge in [-0.05, 0) is 47.1 Å². The van der Waals surface area contributed by atoms with Crippen molar-refractivity contribution >= 4 is 6.09 Å². The van der Waals surface area contributed by atoms with Gasteiger partial charge in [-0.25, -0.2) is 4.79 Å². The molecule has 158 valence electrons. The lowest BCUT2D eigenvalue weighted by Gasteiger charge is -2.35. The minimum atomic E-state index is -0.904. The molecule has 27 heavy (non-hydrogen) atoms. The molecule has 0 aromatic rings. The zero-order valence-corrected chi connectivity index (χ0v) is 17.9. The molecule has 5 atom stereocenters. The van der Waals surface area contributed by atoms with Crippen LogP contribution in [0.1, 0.15) is 55.4 Å². The summed E-state index contributed by atoms with van der Waals surface area (Å²) in [4.78, 5) is 14.2. The molecule has 0 spiro atoms. The third kappa shape index (κ3) is 6.17. The maximum absolute atomic E-state index is 12.7. The van der Waals surface area contributed by atoms with Crippen molar-refractivity contribution < 1.29 is 29.6 Å². The summed E-state index contributed by atoms with van der Waals surface area (Å²) >= 11 is 0. The number of hydrogen-bond acceptors (Lipinski definition) is 6. The molecule has 7 nitrogen and oxygen atoms in total. The second-order valence-corrected chi connectivity index (χ2v) is 9.04. The van der Waals surface area contributed by atoms with Crippen molar-refractivity contribution in [1.29, 1.82) is 0 Å². The third-order valence-electron chi connectivity index (χ3n) is 4.94. The van der Waals surface area contributed by atoms with E-state index in [4.69, 9.17) is 9.47 Å². The fourth-order valence-corrected chi connectivity index (χ4v) is 3.25. The van der Waals surface area contributed by atoms with Crippen LogP contribution in [0.3, 0.4) is 0 Å². The highest BCUT2D eigenvalue weighted by Crippen LogP contribution is 2.31. The van der Waals surface area contributed by atoms with Crippen molar-refractivity contribution in [3.63, 3.8) is 0 Å². The van der Waals surface area contributed by atoms with Crippen molar-refractivity contribution in [3.05, 3.63) is 11.6 Å². The summed E-state index contributed by atoms with van der Waals surface area (Å²) in [6, 6.07) is -0.385. The van der Waals surface area contributed by atoms with Crippen molar-refractivity contribution in [2.45, 2.75) is 85.0 Å². The average Bonchev–Trinajstić information content (AvgIpc) is 2.84. The number of ether oxygens (including phenoxy) is 2. The second-order valence-electron chi connectivity index (χ2n) is 9.04. The lowest BCUT2D eigenvalue weighted by Crippen LogP contribution is -2.49. The van der Waals surface area contributed by atoms with Crippen LogP contribution >= 0.6 is 0 Å². The number of amides is 1. The van der Waals surface area contributed by atoms with Crippen LogP contribution in [0.5, 0.6) is 0 Å². The Hall–Kier alpha value is -1.15. The Morgan fingerprint density at radius 2 is 1.89 bits per heavy atom. The SMILES string of the molecule is C/C(=C\C1COC(C)(C)N1C(=O)OC(C)(C)C)[C@H](O)[C@H](C)[C@@H](O)[C@@H](C)CO. The molecule has 1 unspecified atom stereocenters. The van der Waals surface area contributed by atoms with E-state index in [1.165, 1.54) is 4.90 Å². The summed E-state index contributed by atoms with van der Waals surface area (Å²) < 4.78 is 11.3. The number of nitrogens with zero attached hydrogens (tertiary/aromatic N) is 1. The summed E-state index contributed by atoms with van der Waals surface area (Å²) in [7, 11) is 0. The molecule has 3 N–H and O–H groups in total. The lowest BCUT2D eigenvalue weighted by atomic mass is 9.86. The summed E-state index contributed by atoms with van der Waals surface area (Å²) in [6.07, 6.45) is -0.434. The first-order chi connectivity index (χ1) is 12.2. The monoisotopic (exact) mass is 387 g/mol. The predicted octanol–water partition coefficient (Wildman–Crippen LogP) is 2.29. The van der Waals surface area contributed by atoms with Crippen LogP contribution in [0.15, 0.2) is 11.6 Å². The van der Waals surface area contributed by atoms with E-state index in [2.05, 4.69) is 0 Å². The number of aliphatic hydroxyl groups excluding tert-OH is 3. The molecule has 1 aliphatic rings. The number of rotatable bonds is 6. The molecule has 0 aliphatic carbocycles. The first-order valence-electron chi connectivity index (χ1n) is 9.53. The molecule has 1 heterocycles. The number of carbonyl (C=O) groups excluding carboxylic acids is 1. The topological polar surface area (TPSA) is 99.5 Å². The standard InChI is InChI=1S/C20H37NO6/c1-12(16(23)14(3)17(24)13(2)10-22)9-15-11-26-20(7,8)21(15)18(25)27-19(4,5)6/h9,13-17,22-24H,10-11H2,1-8H3/b12-9+/t13-,14-,15?,16-,17-/m0/s1. The van der Waals surface area contributed by atoms with Gasteiger partial charge in [-0.3, -0.25) is 4.90 Å². The fourth-order valence-electron chi connectivity index (χ4n) is 3.25. The summed E-state index contributed by atoms with van der Waals surface area (Å²) in [5.41, 5.74) is -0.824. The van der Waals surface area contributed by atoms with Gasteiger partial charge in [0.25, 0.3) is 0 Å². The molecular weight excluding hydrogens is 350 g/mol. The predicted molar refractivity (Wildman–Crippen MR) is 103 cm³/mol. The van der Waals surface area contributed by atoms with Crippen molar-refractivity contribution in [2.75, 3.05) is 13.2 Å². The van der Waals surface area contributed by atoms with Gasteiger partial charge in [-0.1, -0.05) is 19.9 Å². The van der Waals surface area contributed by atoms with Crippen LogP contribution in [-0.2, 0) is 9.47 Å². The van der Waals surface area contributed by atoms with Crippen LogP contribution in [0, 0.1) is 11.8 Å². The number of hydrogen-bond donors (Lipinski definition) is 3. The van der Waals surface area contributed by atoms with Crippen molar-refractivity contribution in [1.82, 2.24) is 4.90 Å². The molecule has 1 aliphatic heterocycles. The molecular formula is C20H37NO6. The molecule has 7 heteroatoms. The molecule has 1 fully saturated rings. The molecule has 0 aromatic heterocycles. The fraction of sp³-hybridized carbons (Fsp3) is 0.850. The highest BCUT2D eigenvalue weighted by Gasteiger charge is 2.45. The van der Waals surface area contributed by atoms with Crippen molar-refractivity contribution in [3.8, 4) is 0 Å². The number of carbonyl (C=O) groups is 1. The van der Waals surface area contributed by atoms with E-state index < -0.39 is 35.5 Å². The number of aliphatic hydroxyl groups is 3. The first kappa shape index (κ1) is 23.9. The van der Waals surface area contributed by atoms with Gasteiger partial charge in [0, 0.05) is 18.4 Å². The zero-order chi connectivity index (χ0) is 21.2. The largest absolute Gasteiger partial charge is 0.444 e.